The van der Waals surface area contributed by atoms with E-state index in [9.17, 15) is 20.0 Å². The third kappa shape index (κ3) is 6.84. The maximum Gasteiger partial charge on any atom is 0.405 e. The van der Waals surface area contributed by atoms with Crippen LogP contribution in [-0.4, -0.2) is 64.4 Å². The van der Waals surface area contributed by atoms with E-state index in [0.717, 1.165) is 50.2 Å². The number of carbonyl (C=O) groups excluding carboxylic acids is 1. The fourth-order valence-electron chi connectivity index (χ4n) is 5.64. The molecule has 1 aromatic carbocycles. The molecule has 0 bridgehead atoms. The van der Waals surface area contributed by atoms with Gasteiger partial charge in [-0.2, -0.15) is 10.2 Å². The Morgan fingerprint density at radius 2 is 1.98 bits per heavy atom. The van der Waals surface area contributed by atoms with Gasteiger partial charge in [-0.3, -0.25) is 4.79 Å². The number of carbonyl (C=O) groups is 2. The summed E-state index contributed by atoms with van der Waals surface area (Å²) >= 11 is 0. The van der Waals surface area contributed by atoms with Crippen molar-refractivity contribution in [1.82, 2.24) is 20.4 Å². The SMILES string of the molecule is Cc1cc(OCC[C@@H](C)C2CCN(c3nc(C(C)C)no3)CC2)ccc1C(NC(=O)O)C(=O)N1CCCC1C#N. The number of piperidine rings is 1. The summed E-state index contributed by atoms with van der Waals surface area (Å²) < 4.78 is 11.5. The average Bonchev–Trinajstić information content (AvgIpc) is 3.62. The summed E-state index contributed by atoms with van der Waals surface area (Å²) in [5.41, 5.74) is 1.31. The summed E-state index contributed by atoms with van der Waals surface area (Å²) in [6, 6.07) is 6.51. The zero-order valence-electron chi connectivity index (χ0n) is 23.8. The summed E-state index contributed by atoms with van der Waals surface area (Å²) in [4.78, 5) is 32.9. The molecule has 2 saturated heterocycles. The zero-order chi connectivity index (χ0) is 28.8. The number of ether oxygens (including phenoxy) is 1. The predicted octanol–water partition coefficient (Wildman–Crippen LogP) is 4.65. The molecular formula is C29H40N6O5. The predicted molar refractivity (Wildman–Crippen MR) is 148 cm³/mol. The molecule has 40 heavy (non-hydrogen) atoms. The molecule has 2 N–H and O–H groups in total. The van der Waals surface area contributed by atoms with Gasteiger partial charge in [0.25, 0.3) is 5.91 Å². The Morgan fingerprint density at radius 3 is 2.60 bits per heavy atom. The van der Waals surface area contributed by atoms with Crippen molar-refractivity contribution in [3.05, 3.63) is 35.2 Å². The highest BCUT2D eigenvalue weighted by Gasteiger charge is 2.35. The van der Waals surface area contributed by atoms with E-state index in [0.29, 0.717) is 48.7 Å². The van der Waals surface area contributed by atoms with Gasteiger partial charge in [-0.25, -0.2) is 4.79 Å². The lowest BCUT2D eigenvalue weighted by Crippen LogP contribution is -2.44. The van der Waals surface area contributed by atoms with Crippen LogP contribution in [0.4, 0.5) is 10.8 Å². The number of benzene rings is 1. The van der Waals surface area contributed by atoms with Crippen LogP contribution in [0.2, 0.25) is 0 Å². The second-order valence-electron chi connectivity index (χ2n) is 11.2. The van der Waals surface area contributed by atoms with Crippen LogP contribution in [0.1, 0.15) is 81.8 Å². The molecule has 1 aromatic heterocycles. The minimum Gasteiger partial charge on any atom is -0.494 e. The van der Waals surface area contributed by atoms with Gasteiger partial charge in [0.15, 0.2) is 5.82 Å². The molecule has 2 aliphatic rings. The molecule has 11 heteroatoms. The van der Waals surface area contributed by atoms with E-state index < -0.39 is 24.1 Å². The Balaban J connectivity index is 1.29. The van der Waals surface area contributed by atoms with Gasteiger partial charge >= 0.3 is 12.1 Å². The quantitative estimate of drug-likeness (QED) is 0.430. The molecule has 11 nitrogen and oxygen atoms in total. The average molecular weight is 553 g/mol. The van der Waals surface area contributed by atoms with Gasteiger partial charge in [-0.1, -0.05) is 32.0 Å². The van der Waals surface area contributed by atoms with Crippen molar-refractivity contribution in [2.24, 2.45) is 11.8 Å². The van der Waals surface area contributed by atoms with E-state index in [1.165, 1.54) is 4.90 Å². The highest BCUT2D eigenvalue weighted by atomic mass is 16.5. The number of rotatable bonds is 10. The van der Waals surface area contributed by atoms with Gasteiger partial charge in [-0.05, 0) is 74.1 Å². The summed E-state index contributed by atoms with van der Waals surface area (Å²) in [5, 5.41) is 25.2. The fourth-order valence-corrected chi connectivity index (χ4v) is 5.64. The Labute approximate surface area is 235 Å². The number of aryl methyl sites for hydroxylation is 1. The van der Waals surface area contributed by atoms with Crippen molar-refractivity contribution in [3.8, 4) is 11.8 Å². The lowest BCUT2D eigenvalue weighted by Gasteiger charge is -2.33. The van der Waals surface area contributed by atoms with Gasteiger partial charge in [0.1, 0.15) is 17.8 Å². The highest BCUT2D eigenvalue weighted by Crippen LogP contribution is 2.31. The first-order chi connectivity index (χ1) is 19.2. The van der Waals surface area contributed by atoms with Gasteiger partial charge in [-0.15, -0.1) is 0 Å². The standard InChI is InChI=1S/C29H40N6O5/c1-18(2)26-32-28(40-33-26)34-13-9-21(10-14-34)19(3)11-15-39-23-7-8-24(20(4)16-23)25(31-29(37)38)27(36)35-12-5-6-22(35)17-30/h7-8,16,18-19,21-22,25,31H,5-6,9-15H2,1-4H3,(H,37,38)/t19-,22?,25?/m1/s1. The molecular weight excluding hydrogens is 512 g/mol. The third-order valence-corrected chi connectivity index (χ3v) is 8.16. The number of amides is 2. The van der Waals surface area contributed by atoms with E-state index in [-0.39, 0.29) is 5.92 Å². The van der Waals surface area contributed by atoms with Gasteiger partial charge in [0.2, 0.25) is 0 Å². The monoisotopic (exact) mass is 552 g/mol. The van der Waals surface area contributed by atoms with Crippen molar-refractivity contribution < 1.29 is 24.0 Å². The molecule has 216 valence electrons. The molecule has 4 rings (SSSR count). The van der Waals surface area contributed by atoms with Crippen molar-refractivity contribution in [2.45, 2.75) is 77.8 Å². The number of nitrogens with zero attached hydrogens (tertiary/aromatic N) is 5. The third-order valence-electron chi connectivity index (χ3n) is 8.16. The Morgan fingerprint density at radius 1 is 1.23 bits per heavy atom. The first kappa shape index (κ1) is 29.2. The van der Waals surface area contributed by atoms with E-state index in [1.807, 2.05) is 13.0 Å². The Kier molecular flexibility index (Phi) is 9.50. The summed E-state index contributed by atoms with van der Waals surface area (Å²) in [6.45, 7) is 11.0. The fraction of sp³-hybridized carbons (Fsp3) is 0.621. The van der Waals surface area contributed by atoms with Gasteiger partial charge in [0.05, 0.1) is 12.7 Å². The van der Waals surface area contributed by atoms with Crippen LogP contribution in [0, 0.1) is 30.1 Å². The van der Waals surface area contributed by atoms with Crippen LogP contribution in [-0.2, 0) is 4.79 Å². The van der Waals surface area contributed by atoms with Crippen LogP contribution < -0.4 is 15.0 Å². The topological polar surface area (TPSA) is 145 Å². The first-order valence-electron chi connectivity index (χ1n) is 14.2. The molecule has 3 heterocycles. The maximum absolute atomic E-state index is 13.2. The second kappa shape index (κ2) is 13.0. The van der Waals surface area contributed by atoms with E-state index in [4.69, 9.17) is 9.26 Å². The molecule has 3 atom stereocenters. The number of nitrogens with one attached hydrogen (secondary N) is 1. The van der Waals surface area contributed by atoms with Crippen molar-refractivity contribution in [3.63, 3.8) is 0 Å². The molecule has 0 aliphatic carbocycles. The van der Waals surface area contributed by atoms with E-state index >= 15 is 0 Å². The molecule has 2 aliphatic heterocycles. The lowest BCUT2D eigenvalue weighted by atomic mass is 9.84. The summed E-state index contributed by atoms with van der Waals surface area (Å²) in [6.07, 6.45) is 3.07. The minimum absolute atomic E-state index is 0.243. The lowest BCUT2D eigenvalue weighted by molar-refractivity contribution is -0.133. The van der Waals surface area contributed by atoms with Gasteiger partial charge in [0, 0.05) is 25.6 Å². The molecule has 2 fully saturated rings. The van der Waals surface area contributed by atoms with Crippen LogP contribution in [0.25, 0.3) is 0 Å². The van der Waals surface area contributed by atoms with Gasteiger partial charge < -0.3 is 29.5 Å². The molecule has 0 radical (unpaired) electrons. The zero-order valence-corrected chi connectivity index (χ0v) is 23.8. The number of anilines is 1. The van der Waals surface area contributed by atoms with Crippen LogP contribution in [0.15, 0.2) is 22.7 Å². The number of nitriles is 1. The van der Waals surface area contributed by atoms with Crippen LogP contribution >= 0.6 is 0 Å². The van der Waals surface area contributed by atoms with Crippen molar-refractivity contribution in [1.29, 1.82) is 5.26 Å². The summed E-state index contributed by atoms with van der Waals surface area (Å²) in [5.74, 6) is 2.35. The molecule has 2 aromatic rings. The number of likely N-dealkylation sites (tertiary alicyclic amines) is 1. The smallest absolute Gasteiger partial charge is 0.405 e. The van der Waals surface area contributed by atoms with E-state index in [2.05, 4.69) is 47.2 Å². The number of carboxylic acid groups (broad SMARTS) is 1. The largest absolute Gasteiger partial charge is 0.494 e. The van der Waals surface area contributed by atoms with Crippen LogP contribution in [0.3, 0.4) is 0 Å². The van der Waals surface area contributed by atoms with E-state index in [1.54, 1.807) is 12.1 Å². The Hall–Kier alpha value is -3.81. The summed E-state index contributed by atoms with van der Waals surface area (Å²) in [7, 11) is 0. The minimum atomic E-state index is -1.29. The Bertz CT molecular complexity index is 1220. The van der Waals surface area contributed by atoms with Crippen LogP contribution in [0.5, 0.6) is 5.75 Å². The normalized spacial score (nSPS) is 19.4. The molecule has 0 spiro atoms. The van der Waals surface area contributed by atoms with Crippen molar-refractivity contribution in [2.75, 3.05) is 31.1 Å². The molecule has 2 unspecified atom stereocenters. The van der Waals surface area contributed by atoms with Crippen molar-refractivity contribution >= 4 is 18.0 Å². The molecule has 2 amide bonds. The first-order valence-corrected chi connectivity index (χ1v) is 14.2. The highest BCUT2D eigenvalue weighted by molar-refractivity contribution is 5.87. The number of aromatic nitrogens is 2. The number of hydrogen-bond donors (Lipinski definition) is 2. The molecule has 0 saturated carbocycles. The number of hydrogen-bond acceptors (Lipinski definition) is 8. The second-order valence-corrected chi connectivity index (χ2v) is 11.2. The maximum atomic E-state index is 13.2.